The van der Waals surface area contributed by atoms with Gasteiger partial charge in [0.25, 0.3) is 0 Å². The summed E-state index contributed by atoms with van der Waals surface area (Å²) in [6.45, 7) is 6.42. The molecule has 0 fully saturated rings. The third-order valence-corrected chi connectivity index (χ3v) is 11.1. The van der Waals surface area contributed by atoms with Crippen LogP contribution in [-0.2, 0) is 28.6 Å². The average molecular weight is 903 g/mol. The van der Waals surface area contributed by atoms with E-state index in [2.05, 4.69) is 118 Å². The summed E-state index contributed by atoms with van der Waals surface area (Å²) in [6.07, 6.45) is 70.0. The molecule has 0 N–H and O–H groups in total. The van der Waals surface area contributed by atoms with E-state index < -0.39 is 6.10 Å². The van der Waals surface area contributed by atoms with E-state index in [4.69, 9.17) is 14.2 Å². The fourth-order valence-electron chi connectivity index (χ4n) is 7.10. The van der Waals surface area contributed by atoms with Gasteiger partial charge >= 0.3 is 17.9 Å². The van der Waals surface area contributed by atoms with Crippen molar-refractivity contribution in [1.82, 2.24) is 0 Å². The van der Waals surface area contributed by atoms with Gasteiger partial charge in [0, 0.05) is 19.3 Å². The van der Waals surface area contributed by atoms with Gasteiger partial charge in [-0.2, -0.15) is 0 Å². The molecular formula is C59H98O6. The monoisotopic (exact) mass is 903 g/mol. The summed E-state index contributed by atoms with van der Waals surface area (Å²) in [5.74, 6) is -0.946. The highest BCUT2D eigenvalue weighted by atomic mass is 16.6. The number of ether oxygens (including phenoxy) is 3. The molecule has 0 saturated carbocycles. The van der Waals surface area contributed by atoms with Gasteiger partial charge in [-0.3, -0.25) is 14.4 Å². The molecule has 65 heavy (non-hydrogen) atoms. The molecule has 0 aliphatic carbocycles. The summed E-state index contributed by atoms with van der Waals surface area (Å²) >= 11 is 0. The first kappa shape index (κ1) is 61.3. The summed E-state index contributed by atoms with van der Waals surface area (Å²) in [7, 11) is 0. The Bertz CT molecular complexity index is 1310. The number of hydrogen-bond acceptors (Lipinski definition) is 6. The second-order valence-electron chi connectivity index (χ2n) is 17.4. The average Bonchev–Trinajstić information content (AvgIpc) is 3.30. The largest absolute Gasteiger partial charge is 0.462 e. The van der Waals surface area contributed by atoms with Crippen molar-refractivity contribution >= 4 is 17.9 Å². The Kier molecular flexibility index (Phi) is 50.0. The summed E-state index contributed by atoms with van der Waals surface area (Å²) in [6, 6.07) is 0. The van der Waals surface area contributed by atoms with Crippen LogP contribution in [0.3, 0.4) is 0 Å². The van der Waals surface area contributed by atoms with Gasteiger partial charge < -0.3 is 14.2 Å². The van der Waals surface area contributed by atoms with Gasteiger partial charge in [0.05, 0.1) is 0 Å². The molecule has 0 radical (unpaired) electrons. The van der Waals surface area contributed by atoms with Crippen molar-refractivity contribution in [2.24, 2.45) is 0 Å². The first-order valence-electron chi connectivity index (χ1n) is 26.7. The van der Waals surface area contributed by atoms with Crippen LogP contribution < -0.4 is 0 Å². The van der Waals surface area contributed by atoms with Crippen molar-refractivity contribution < 1.29 is 28.6 Å². The molecular weight excluding hydrogens is 805 g/mol. The molecule has 6 nitrogen and oxygen atoms in total. The van der Waals surface area contributed by atoms with Gasteiger partial charge in [0.15, 0.2) is 6.10 Å². The van der Waals surface area contributed by atoms with Crippen LogP contribution in [0.5, 0.6) is 0 Å². The second kappa shape index (κ2) is 52.9. The number of allylic oxidation sites excluding steroid dienone is 16. The second-order valence-corrected chi connectivity index (χ2v) is 17.4. The molecule has 0 aliphatic heterocycles. The number of carbonyl (C=O) groups is 3. The van der Waals surface area contributed by atoms with E-state index >= 15 is 0 Å². The van der Waals surface area contributed by atoms with Gasteiger partial charge in [-0.15, -0.1) is 0 Å². The lowest BCUT2D eigenvalue weighted by Crippen LogP contribution is -2.30. The molecule has 0 rings (SSSR count). The van der Waals surface area contributed by atoms with Crippen molar-refractivity contribution in [2.45, 2.75) is 245 Å². The van der Waals surface area contributed by atoms with Crippen LogP contribution in [-0.4, -0.2) is 37.2 Å². The summed E-state index contributed by atoms with van der Waals surface area (Å²) in [5, 5.41) is 0. The summed E-state index contributed by atoms with van der Waals surface area (Å²) in [5.41, 5.74) is 0. The summed E-state index contributed by atoms with van der Waals surface area (Å²) < 4.78 is 16.7. The quantitative estimate of drug-likeness (QED) is 0.0262. The Morgan fingerprint density at radius 1 is 0.323 bits per heavy atom. The van der Waals surface area contributed by atoms with Gasteiger partial charge in [-0.1, -0.05) is 234 Å². The molecule has 0 amide bonds. The highest BCUT2D eigenvalue weighted by molar-refractivity contribution is 5.71. The van der Waals surface area contributed by atoms with E-state index in [-0.39, 0.29) is 31.1 Å². The molecule has 6 heteroatoms. The molecule has 1 unspecified atom stereocenters. The minimum absolute atomic E-state index is 0.0902. The normalized spacial score (nSPS) is 12.8. The third kappa shape index (κ3) is 51.2. The molecule has 0 aromatic heterocycles. The Morgan fingerprint density at radius 2 is 0.600 bits per heavy atom. The zero-order valence-electron chi connectivity index (χ0n) is 42.2. The SMILES string of the molecule is CC/C=C\C/C=C\C/C=C\C/C=C\C/C=C\C/C=C\C/C=C\C/C=C\CCCCC(=O)OCC(COC(=O)CCCCCCCC)OC(=O)CCCCCCCCCCCCCCCC. The molecule has 0 heterocycles. The van der Waals surface area contributed by atoms with Crippen molar-refractivity contribution in [3.63, 3.8) is 0 Å². The van der Waals surface area contributed by atoms with Crippen molar-refractivity contribution in [2.75, 3.05) is 13.2 Å². The standard InChI is InChI=1S/C59H98O6/c1-4-7-10-13-16-18-20-22-24-25-26-27-28-29-30-31-32-33-34-35-36-38-39-41-43-46-49-52-58(61)64-55-56(54-63-57(60)51-48-45-15-12-9-6-3)65-59(62)53-50-47-44-42-40-37-23-21-19-17-14-11-8-5-2/h7,10,16,18,22,24,26-27,29-30,32-33,35-36,39,41,56H,4-6,8-9,11-15,17,19-21,23,25,28,31,34,37-38,40,42-55H2,1-3H3/b10-7-,18-16-,24-22-,27-26-,30-29-,33-32-,36-35-,41-39-. The Morgan fingerprint density at radius 3 is 0.938 bits per heavy atom. The third-order valence-electron chi connectivity index (χ3n) is 11.1. The van der Waals surface area contributed by atoms with Crippen LogP contribution in [0.2, 0.25) is 0 Å². The zero-order chi connectivity index (χ0) is 47.2. The smallest absolute Gasteiger partial charge is 0.306 e. The fraction of sp³-hybridized carbons (Fsp3) is 0.678. The van der Waals surface area contributed by atoms with E-state index in [1.807, 2.05) is 0 Å². The molecule has 0 aromatic carbocycles. The molecule has 0 saturated heterocycles. The van der Waals surface area contributed by atoms with Crippen molar-refractivity contribution in [1.29, 1.82) is 0 Å². The Labute approximate surface area is 400 Å². The van der Waals surface area contributed by atoms with Crippen LogP contribution in [0, 0.1) is 0 Å². The Balaban J connectivity index is 4.26. The lowest BCUT2D eigenvalue weighted by Gasteiger charge is -2.18. The maximum atomic E-state index is 12.7. The van der Waals surface area contributed by atoms with Crippen molar-refractivity contribution in [3.8, 4) is 0 Å². The summed E-state index contributed by atoms with van der Waals surface area (Å²) in [4.78, 5) is 37.7. The molecule has 0 aliphatic rings. The lowest BCUT2D eigenvalue weighted by molar-refractivity contribution is -0.167. The van der Waals surface area contributed by atoms with E-state index in [9.17, 15) is 14.4 Å². The minimum Gasteiger partial charge on any atom is -0.462 e. The number of hydrogen-bond donors (Lipinski definition) is 0. The molecule has 0 spiro atoms. The Hall–Kier alpha value is -3.67. The topological polar surface area (TPSA) is 78.9 Å². The minimum atomic E-state index is -0.790. The zero-order valence-corrected chi connectivity index (χ0v) is 42.2. The predicted octanol–water partition coefficient (Wildman–Crippen LogP) is 17.8. The first-order chi connectivity index (χ1) is 32.0. The molecule has 0 bridgehead atoms. The van der Waals surface area contributed by atoms with E-state index in [1.54, 1.807) is 0 Å². The van der Waals surface area contributed by atoms with E-state index in [1.165, 1.54) is 89.9 Å². The highest BCUT2D eigenvalue weighted by Gasteiger charge is 2.19. The molecule has 370 valence electrons. The van der Waals surface area contributed by atoms with Crippen LogP contribution in [0.1, 0.15) is 239 Å². The number of carbonyl (C=O) groups excluding carboxylic acids is 3. The van der Waals surface area contributed by atoms with E-state index in [0.29, 0.717) is 19.3 Å². The van der Waals surface area contributed by atoms with Crippen LogP contribution in [0.15, 0.2) is 97.2 Å². The fourth-order valence-corrected chi connectivity index (χ4v) is 7.10. The highest BCUT2D eigenvalue weighted by Crippen LogP contribution is 2.15. The molecule has 0 aromatic rings. The number of rotatable bonds is 47. The van der Waals surface area contributed by atoms with Crippen LogP contribution in [0.25, 0.3) is 0 Å². The molecule has 1 atom stereocenters. The predicted molar refractivity (Wildman–Crippen MR) is 279 cm³/mol. The van der Waals surface area contributed by atoms with Gasteiger partial charge in [-0.25, -0.2) is 0 Å². The first-order valence-corrected chi connectivity index (χ1v) is 26.7. The van der Waals surface area contributed by atoms with Crippen LogP contribution >= 0.6 is 0 Å². The number of esters is 3. The van der Waals surface area contributed by atoms with Gasteiger partial charge in [0.2, 0.25) is 0 Å². The maximum absolute atomic E-state index is 12.7. The van der Waals surface area contributed by atoms with Crippen LogP contribution in [0.4, 0.5) is 0 Å². The maximum Gasteiger partial charge on any atom is 0.306 e. The lowest BCUT2D eigenvalue weighted by atomic mass is 10.0. The van der Waals surface area contributed by atoms with Gasteiger partial charge in [-0.05, 0) is 83.5 Å². The van der Waals surface area contributed by atoms with Gasteiger partial charge in [0.1, 0.15) is 13.2 Å². The number of unbranched alkanes of at least 4 members (excludes halogenated alkanes) is 20. The van der Waals surface area contributed by atoms with Crippen molar-refractivity contribution in [3.05, 3.63) is 97.2 Å². The van der Waals surface area contributed by atoms with E-state index in [0.717, 1.165) is 109 Å².